The van der Waals surface area contributed by atoms with Gasteiger partial charge in [-0.05, 0) is 6.54 Å². The second kappa shape index (κ2) is 11.3. The summed E-state index contributed by atoms with van der Waals surface area (Å²) in [6.07, 6.45) is -0.386. The highest BCUT2D eigenvalue weighted by molar-refractivity contribution is 7.46. The van der Waals surface area contributed by atoms with Gasteiger partial charge in [0.15, 0.2) is 0 Å². The second-order valence-corrected chi connectivity index (χ2v) is 4.56. The van der Waals surface area contributed by atoms with E-state index in [1.807, 2.05) is 0 Å². The second-order valence-electron chi connectivity index (χ2n) is 2.68. The molecule has 10 nitrogen and oxygen atoms in total. The molecule has 12 heteroatoms. The van der Waals surface area contributed by atoms with Crippen LogP contribution in [0.3, 0.4) is 0 Å². The van der Waals surface area contributed by atoms with E-state index in [0.717, 1.165) is 0 Å². The Morgan fingerprint density at radius 2 is 1.67 bits per heavy atom. The topological polar surface area (TPSA) is 170 Å². The molecule has 0 saturated heterocycles. The number of likely N-dealkylation sites (N-methyl/N-ethyl adjacent to an activating group) is 1. The van der Waals surface area contributed by atoms with Gasteiger partial charge in [0, 0.05) is 0 Å². The van der Waals surface area contributed by atoms with E-state index < -0.39 is 34.5 Å². The van der Waals surface area contributed by atoms with E-state index in [1.54, 1.807) is 6.92 Å². The van der Waals surface area contributed by atoms with Gasteiger partial charge in [-0.2, -0.15) is 0 Å². The Labute approximate surface area is 103 Å². The standard InChI is InChI=1S/C6H11NO4.H4O5P2/c1-2-7-4(6(10)11)3-5(8)9;1-6(2)5-7(3)4/h4,7H,2-3H2,1H3,(H,8,9)(H,10,11);6-7H,(H,1,2)(H,3,4). The average molecular weight is 307 g/mol. The van der Waals surface area contributed by atoms with Crippen molar-refractivity contribution in [2.75, 3.05) is 6.54 Å². The molecule has 0 rings (SSSR count). The number of carboxylic acids is 2. The monoisotopic (exact) mass is 307 g/mol. The number of carboxylic acid groups (broad SMARTS) is 2. The highest BCUT2D eigenvalue weighted by Crippen LogP contribution is 2.30. The molecule has 0 bridgehead atoms. The predicted octanol–water partition coefficient (Wildman–Crippen LogP) is -0.709. The van der Waals surface area contributed by atoms with Crippen molar-refractivity contribution in [1.82, 2.24) is 5.32 Å². The minimum absolute atomic E-state index is 0.386. The van der Waals surface area contributed by atoms with Crippen LogP contribution in [0.25, 0.3) is 0 Å². The molecular formula is C6H15NO9P2. The Kier molecular flexibility index (Phi) is 12.3. The van der Waals surface area contributed by atoms with Crippen molar-refractivity contribution in [3.8, 4) is 0 Å². The van der Waals surface area contributed by atoms with Crippen LogP contribution in [0.15, 0.2) is 0 Å². The SMILES string of the molecule is CCNC(CC(=O)O)C(=O)O.O=[PH](O)O[PH](=O)O. The molecular weight excluding hydrogens is 292 g/mol. The third-order valence-electron chi connectivity index (χ3n) is 1.30. The van der Waals surface area contributed by atoms with Crippen LogP contribution in [0.5, 0.6) is 0 Å². The van der Waals surface area contributed by atoms with Crippen LogP contribution in [-0.4, -0.2) is 44.5 Å². The molecule has 0 radical (unpaired) electrons. The molecule has 3 atom stereocenters. The molecule has 3 unspecified atom stereocenters. The highest BCUT2D eigenvalue weighted by Gasteiger charge is 2.18. The molecule has 0 amide bonds. The summed E-state index contributed by atoms with van der Waals surface area (Å²) in [4.78, 5) is 35.8. The maximum absolute atomic E-state index is 10.3. The summed E-state index contributed by atoms with van der Waals surface area (Å²) >= 11 is 0. The van der Waals surface area contributed by atoms with Gasteiger partial charge in [-0.25, -0.2) is 4.31 Å². The van der Waals surface area contributed by atoms with Gasteiger partial charge in [0.2, 0.25) is 0 Å². The molecule has 18 heavy (non-hydrogen) atoms. The fourth-order valence-electron chi connectivity index (χ4n) is 0.742. The Balaban J connectivity index is 0. The summed E-state index contributed by atoms with van der Waals surface area (Å²) in [7, 11) is -6.40. The molecule has 0 aliphatic carbocycles. The smallest absolute Gasteiger partial charge is 0.323 e. The van der Waals surface area contributed by atoms with Gasteiger partial charge >= 0.3 is 28.4 Å². The quantitative estimate of drug-likeness (QED) is 0.378. The van der Waals surface area contributed by atoms with Gasteiger partial charge in [-0.1, -0.05) is 6.92 Å². The van der Waals surface area contributed by atoms with Crippen LogP contribution in [-0.2, 0) is 23.0 Å². The average Bonchev–Trinajstić information content (AvgIpc) is 2.14. The number of carbonyl (C=O) groups is 2. The molecule has 0 spiro atoms. The largest absolute Gasteiger partial charge is 0.481 e. The van der Waals surface area contributed by atoms with E-state index in [1.165, 1.54) is 0 Å². The summed E-state index contributed by atoms with van der Waals surface area (Å²) in [6.45, 7) is 2.17. The zero-order chi connectivity index (χ0) is 14.7. The number of hydrogen-bond donors (Lipinski definition) is 5. The Bertz CT molecular complexity index is 308. The maximum atomic E-state index is 10.3. The summed E-state index contributed by atoms with van der Waals surface area (Å²) in [5.41, 5.74) is 0. The summed E-state index contributed by atoms with van der Waals surface area (Å²) < 4.78 is 22.3. The minimum atomic E-state index is -3.20. The molecule has 0 saturated carbocycles. The van der Waals surface area contributed by atoms with E-state index >= 15 is 0 Å². The van der Waals surface area contributed by atoms with Crippen molar-refractivity contribution < 1.29 is 43.0 Å². The van der Waals surface area contributed by atoms with E-state index in [4.69, 9.17) is 20.0 Å². The first kappa shape index (κ1) is 19.6. The first-order chi connectivity index (χ1) is 8.20. The predicted molar refractivity (Wildman–Crippen MR) is 60.9 cm³/mol. The zero-order valence-corrected chi connectivity index (χ0v) is 11.3. The van der Waals surface area contributed by atoms with Gasteiger partial charge in [0.05, 0.1) is 6.42 Å². The lowest BCUT2D eigenvalue weighted by molar-refractivity contribution is -0.145. The van der Waals surface area contributed by atoms with Crippen molar-refractivity contribution in [3.63, 3.8) is 0 Å². The third-order valence-corrected chi connectivity index (χ3v) is 2.70. The van der Waals surface area contributed by atoms with Crippen LogP contribution in [0.4, 0.5) is 0 Å². The molecule has 0 heterocycles. The van der Waals surface area contributed by atoms with Crippen LogP contribution in [0.1, 0.15) is 13.3 Å². The molecule has 108 valence electrons. The molecule has 5 N–H and O–H groups in total. The van der Waals surface area contributed by atoms with E-state index in [2.05, 4.69) is 9.63 Å². The normalized spacial score (nSPS) is 14.8. The van der Waals surface area contributed by atoms with Crippen LogP contribution in [0, 0.1) is 0 Å². The van der Waals surface area contributed by atoms with Gasteiger partial charge in [0.25, 0.3) is 0 Å². The Morgan fingerprint density at radius 3 is 1.83 bits per heavy atom. The lowest BCUT2D eigenvalue weighted by Crippen LogP contribution is -2.38. The van der Waals surface area contributed by atoms with Crippen molar-refractivity contribution in [2.24, 2.45) is 0 Å². The fourth-order valence-corrected chi connectivity index (χ4v) is 1.34. The maximum Gasteiger partial charge on any atom is 0.323 e. The zero-order valence-electron chi connectivity index (χ0n) is 9.32. The third kappa shape index (κ3) is 15.2. The Hall–Kier alpha value is -0.760. The van der Waals surface area contributed by atoms with Crippen molar-refractivity contribution in [3.05, 3.63) is 0 Å². The lowest BCUT2D eigenvalue weighted by Gasteiger charge is -2.08. The molecule has 0 aliphatic rings. The van der Waals surface area contributed by atoms with E-state index in [9.17, 15) is 18.7 Å². The molecule has 0 aromatic carbocycles. The summed E-state index contributed by atoms with van der Waals surface area (Å²) in [6, 6.07) is -0.975. The lowest BCUT2D eigenvalue weighted by atomic mass is 10.2. The summed E-state index contributed by atoms with van der Waals surface area (Å²) in [5, 5.41) is 19.2. The number of aliphatic carboxylic acids is 2. The van der Waals surface area contributed by atoms with E-state index in [-0.39, 0.29) is 6.42 Å². The molecule has 0 aromatic rings. The first-order valence-electron chi connectivity index (χ1n) is 4.52. The molecule has 0 fully saturated rings. The van der Waals surface area contributed by atoms with Crippen molar-refractivity contribution >= 4 is 28.4 Å². The Morgan fingerprint density at radius 1 is 1.22 bits per heavy atom. The first-order valence-corrected chi connectivity index (χ1v) is 7.05. The highest BCUT2D eigenvalue weighted by atomic mass is 31.2. The fraction of sp³-hybridized carbons (Fsp3) is 0.667. The van der Waals surface area contributed by atoms with Crippen LogP contribution in [0.2, 0.25) is 0 Å². The van der Waals surface area contributed by atoms with E-state index in [0.29, 0.717) is 6.54 Å². The number of nitrogens with one attached hydrogen (secondary N) is 1. The number of hydrogen-bond acceptors (Lipinski definition) is 6. The molecule has 0 aromatic heterocycles. The number of rotatable bonds is 7. The van der Waals surface area contributed by atoms with Gasteiger partial charge in [-0.3, -0.25) is 18.7 Å². The summed E-state index contributed by atoms with van der Waals surface area (Å²) in [5.74, 6) is -2.24. The van der Waals surface area contributed by atoms with Gasteiger partial charge in [-0.15, -0.1) is 0 Å². The van der Waals surface area contributed by atoms with Crippen molar-refractivity contribution in [1.29, 1.82) is 0 Å². The minimum Gasteiger partial charge on any atom is -0.481 e. The van der Waals surface area contributed by atoms with Gasteiger partial charge < -0.3 is 25.3 Å². The van der Waals surface area contributed by atoms with Crippen LogP contribution < -0.4 is 5.32 Å². The van der Waals surface area contributed by atoms with Crippen molar-refractivity contribution in [2.45, 2.75) is 19.4 Å². The van der Waals surface area contributed by atoms with Gasteiger partial charge in [0.1, 0.15) is 6.04 Å². The van der Waals surface area contributed by atoms with Crippen LogP contribution >= 0.6 is 16.5 Å². The molecule has 0 aliphatic heterocycles.